The molecule has 0 amide bonds. The number of hydrogen-bond donors (Lipinski definition) is 1. The summed E-state index contributed by atoms with van der Waals surface area (Å²) in [7, 11) is 0. The number of benzene rings is 1. The molecule has 0 unspecified atom stereocenters. The highest BCUT2D eigenvalue weighted by Crippen LogP contribution is 2.26. The van der Waals surface area contributed by atoms with Crippen LogP contribution in [0.4, 0.5) is 5.82 Å². The first kappa shape index (κ1) is 13.1. The number of morpholine rings is 1. The van der Waals surface area contributed by atoms with Crippen molar-refractivity contribution < 1.29 is 14.6 Å². The van der Waals surface area contributed by atoms with Crippen molar-refractivity contribution in [3.63, 3.8) is 0 Å². The zero-order chi connectivity index (χ0) is 15.1. The maximum atomic E-state index is 11.2. The molecule has 0 atom stereocenters. The topological polar surface area (TPSA) is 67.1 Å². The maximum Gasteiger partial charge on any atom is 0.335 e. The van der Waals surface area contributed by atoms with E-state index in [1.54, 1.807) is 12.1 Å². The number of carboxylic acid groups (broad SMARTS) is 1. The van der Waals surface area contributed by atoms with Gasteiger partial charge in [-0.3, -0.25) is 0 Å². The Morgan fingerprint density at radius 3 is 2.77 bits per heavy atom. The van der Waals surface area contributed by atoms with Gasteiger partial charge in [0.1, 0.15) is 0 Å². The van der Waals surface area contributed by atoms with Gasteiger partial charge in [0.15, 0.2) is 5.82 Å². The first-order valence-corrected chi connectivity index (χ1v) is 7.21. The molecule has 1 fully saturated rings. The van der Waals surface area contributed by atoms with E-state index in [0.717, 1.165) is 29.9 Å². The summed E-state index contributed by atoms with van der Waals surface area (Å²) in [4.78, 5) is 18.1. The first-order valence-electron chi connectivity index (χ1n) is 7.21. The standard InChI is InChI=1S/C16H15N3O3/c20-16(21)11-3-4-13-12(10-11)17-15(14-2-1-5-19(13)14)18-6-8-22-9-7-18/h1-5,10H,6-9H2,(H,20,21). The van der Waals surface area contributed by atoms with Crippen molar-refractivity contribution in [2.75, 3.05) is 31.2 Å². The van der Waals surface area contributed by atoms with Crippen LogP contribution in [0.2, 0.25) is 0 Å². The minimum atomic E-state index is -0.941. The molecule has 22 heavy (non-hydrogen) atoms. The highest BCUT2D eigenvalue weighted by molar-refractivity contribution is 5.94. The molecule has 3 aromatic rings. The molecule has 1 aromatic carbocycles. The van der Waals surface area contributed by atoms with Gasteiger partial charge in [-0.05, 0) is 30.3 Å². The quantitative estimate of drug-likeness (QED) is 0.784. The second-order valence-corrected chi connectivity index (χ2v) is 5.31. The van der Waals surface area contributed by atoms with E-state index in [4.69, 9.17) is 9.72 Å². The fraction of sp³-hybridized carbons (Fsp3) is 0.250. The first-order chi connectivity index (χ1) is 10.7. The molecule has 1 aliphatic rings. The molecular weight excluding hydrogens is 282 g/mol. The molecular formula is C16H15N3O3. The van der Waals surface area contributed by atoms with Crippen LogP contribution in [0.25, 0.3) is 16.6 Å². The Labute approximate surface area is 126 Å². The number of anilines is 1. The number of fused-ring (bicyclic) bond motifs is 3. The highest BCUT2D eigenvalue weighted by Gasteiger charge is 2.18. The van der Waals surface area contributed by atoms with Gasteiger partial charge < -0.3 is 19.1 Å². The number of hydrogen-bond acceptors (Lipinski definition) is 4. The molecule has 3 heterocycles. The fourth-order valence-electron chi connectivity index (χ4n) is 2.90. The van der Waals surface area contributed by atoms with Crippen LogP contribution in [0.3, 0.4) is 0 Å². The van der Waals surface area contributed by atoms with Crippen LogP contribution in [0, 0.1) is 0 Å². The third-order valence-electron chi connectivity index (χ3n) is 4.00. The van der Waals surface area contributed by atoms with Gasteiger partial charge in [-0.15, -0.1) is 0 Å². The van der Waals surface area contributed by atoms with E-state index in [2.05, 4.69) is 9.30 Å². The number of carbonyl (C=O) groups is 1. The molecule has 4 rings (SSSR count). The summed E-state index contributed by atoms with van der Waals surface area (Å²) in [5.41, 5.74) is 2.86. The monoisotopic (exact) mass is 297 g/mol. The molecule has 0 aliphatic carbocycles. The van der Waals surface area contributed by atoms with E-state index in [-0.39, 0.29) is 5.56 Å². The normalized spacial score (nSPS) is 15.5. The van der Waals surface area contributed by atoms with Crippen molar-refractivity contribution in [1.82, 2.24) is 9.38 Å². The fourth-order valence-corrected chi connectivity index (χ4v) is 2.90. The third-order valence-corrected chi connectivity index (χ3v) is 4.00. The van der Waals surface area contributed by atoms with Crippen molar-refractivity contribution in [3.05, 3.63) is 42.1 Å². The average Bonchev–Trinajstić information content (AvgIpc) is 3.04. The van der Waals surface area contributed by atoms with Crippen molar-refractivity contribution >= 4 is 28.3 Å². The molecule has 1 aliphatic heterocycles. The van der Waals surface area contributed by atoms with Crippen molar-refractivity contribution in [3.8, 4) is 0 Å². The van der Waals surface area contributed by atoms with Gasteiger partial charge in [0, 0.05) is 19.3 Å². The highest BCUT2D eigenvalue weighted by atomic mass is 16.5. The molecule has 0 radical (unpaired) electrons. The summed E-state index contributed by atoms with van der Waals surface area (Å²) in [5, 5.41) is 9.17. The number of rotatable bonds is 2. The Balaban J connectivity index is 1.97. The minimum absolute atomic E-state index is 0.249. The summed E-state index contributed by atoms with van der Waals surface area (Å²) in [6, 6.07) is 9.05. The second kappa shape index (κ2) is 4.99. The zero-order valence-electron chi connectivity index (χ0n) is 11.9. The molecule has 0 saturated carbocycles. The lowest BCUT2D eigenvalue weighted by molar-refractivity contribution is 0.0697. The number of ether oxygens (including phenoxy) is 1. The van der Waals surface area contributed by atoms with E-state index in [0.29, 0.717) is 18.7 Å². The van der Waals surface area contributed by atoms with E-state index < -0.39 is 5.97 Å². The largest absolute Gasteiger partial charge is 0.478 e. The Kier molecular flexibility index (Phi) is 2.97. The smallest absolute Gasteiger partial charge is 0.335 e. The lowest BCUT2D eigenvalue weighted by atomic mass is 10.2. The van der Waals surface area contributed by atoms with Crippen molar-refractivity contribution in [2.45, 2.75) is 0 Å². The van der Waals surface area contributed by atoms with Crippen LogP contribution < -0.4 is 4.90 Å². The number of aromatic nitrogens is 2. The predicted molar refractivity (Wildman–Crippen MR) is 82.7 cm³/mol. The van der Waals surface area contributed by atoms with Crippen molar-refractivity contribution in [2.24, 2.45) is 0 Å². The Morgan fingerprint density at radius 2 is 2.00 bits per heavy atom. The SMILES string of the molecule is O=C(O)c1ccc2c(c1)nc(N1CCOCC1)c1cccn12. The lowest BCUT2D eigenvalue weighted by Crippen LogP contribution is -2.37. The van der Waals surface area contributed by atoms with Crippen LogP contribution in [0.15, 0.2) is 36.5 Å². The molecule has 112 valence electrons. The van der Waals surface area contributed by atoms with Crippen LogP contribution >= 0.6 is 0 Å². The van der Waals surface area contributed by atoms with Crippen LogP contribution in [0.5, 0.6) is 0 Å². The van der Waals surface area contributed by atoms with Gasteiger partial charge in [0.2, 0.25) is 0 Å². The molecule has 1 N–H and O–H groups in total. The van der Waals surface area contributed by atoms with E-state index in [1.807, 2.05) is 24.4 Å². The van der Waals surface area contributed by atoms with Gasteiger partial charge >= 0.3 is 5.97 Å². The molecule has 0 bridgehead atoms. The molecule has 6 nitrogen and oxygen atoms in total. The predicted octanol–water partition coefficient (Wildman–Crippen LogP) is 2.02. The summed E-state index contributed by atoms with van der Waals surface area (Å²) >= 11 is 0. The summed E-state index contributed by atoms with van der Waals surface area (Å²) in [5.74, 6) is -0.0624. The molecule has 0 spiro atoms. The number of aromatic carboxylic acids is 1. The number of carboxylic acids is 1. The minimum Gasteiger partial charge on any atom is -0.478 e. The summed E-state index contributed by atoms with van der Waals surface area (Å²) in [6.07, 6.45) is 1.98. The number of nitrogens with zero attached hydrogens (tertiary/aromatic N) is 3. The summed E-state index contributed by atoms with van der Waals surface area (Å²) in [6.45, 7) is 2.94. The van der Waals surface area contributed by atoms with E-state index >= 15 is 0 Å². The third kappa shape index (κ3) is 2.00. The maximum absolute atomic E-state index is 11.2. The lowest BCUT2D eigenvalue weighted by Gasteiger charge is -2.28. The Morgan fingerprint density at radius 1 is 1.18 bits per heavy atom. The molecule has 6 heteroatoms. The van der Waals surface area contributed by atoms with Gasteiger partial charge in [0.25, 0.3) is 0 Å². The second-order valence-electron chi connectivity index (χ2n) is 5.31. The molecule has 2 aromatic heterocycles. The van der Waals surface area contributed by atoms with Gasteiger partial charge in [-0.25, -0.2) is 9.78 Å². The Hall–Kier alpha value is -2.60. The van der Waals surface area contributed by atoms with E-state index in [9.17, 15) is 9.90 Å². The van der Waals surface area contributed by atoms with Gasteiger partial charge in [-0.1, -0.05) is 0 Å². The van der Waals surface area contributed by atoms with Crippen molar-refractivity contribution in [1.29, 1.82) is 0 Å². The van der Waals surface area contributed by atoms with E-state index in [1.165, 1.54) is 0 Å². The van der Waals surface area contributed by atoms with Gasteiger partial charge in [0.05, 0.1) is 35.3 Å². The average molecular weight is 297 g/mol. The van der Waals surface area contributed by atoms with Gasteiger partial charge in [-0.2, -0.15) is 0 Å². The van der Waals surface area contributed by atoms with Crippen LogP contribution in [-0.2, 0) is 4.74 Å². The van der Waals surface area contributed by atoms with Crippen LogP contribution in [0.1, 0.15) is 10.4 Å². The summed E-state index contributed by atoms with van der Waals surface area (Å²) < 4.78 is 7.45. The Bertz CT molecular complexity index is 866. The zero-order valence-corrected chi connectivity index (χ0v) is 11.9. The molecule has 1 saturated heterocycles. The van der Waals surface area contributed by atoms with Crippen LogP contribution in [-0.4, -0.2) is 46.8 Å².